The van der Waals surface area contributed by atoms with E-state index in [0.29, 0.717) is 30.7 Å². The van der Waals surface area contributed by atoms with Gasteiger partial charge in [0.15, 0.2) is 11.5 Å². The number of carbonyl (C=O) groups excluding carboxylic acids is 2. The van der Waals surface area contributed by atoms with E-state index in [-0.39, 0.29) is 18.1 Å². The molecule has 0 bridgehead atoms. The number of carbonyl (C=O) groups is 2. The lowest BCUT2D eigenvalue weighted by molar-refractivity contribution is -0.126. The number of ketones is 1. The highest BCUT2D eigenvalue weighted by Crippen LogP contribution is 2.49. The molecule has 1 aliphatic carbocycles. The molecule has 170 valence electrons. The Balaban J connectivity index is 1.18. The standard InChI is InChI=1S/C27H24N4O3/c32-24(21-17-28-19-29-18-21)15-27(11-12-27)26(33)30-16-20-7-9-22(10-8-20)34-25-6-2-1-5-23(25)31-13-3-4-14-31/h1-10,13-14,17-19H,11-12,15-16H2,(H,30,33). The predicted octanol–water partition coefficient (Wildman–Crippen LogP) is 4.73. The summed E-state index contributed by atoms with van der Waals surface area (Å²) in [5, 5.41) is 2.99. The predicted molar refractivity (Wildman–Crippen MR) is 127 cm³/mol. The van der Waals surface area contributed by atoms with Crippen LogP contribution in [-0.2, 0) is 11.3 Å². The smallest absolute Gasteiger partial charge is 0.226 e. The molecule has 0 atom stereocenters. The molecule has 7 nitrogen and oxygen atoms in total. The fourth-order valence-corrected chi connectivity index (χ4v) is 3.91. The summed E-state index contributed by atoms with van der Waals surface area (Å²) in [5.74, 6) is 1.28. The molecule has 5 rings (SSSR count). The second kappa shape index (κ2) is 9.31. The van der Waals surface area contributed by atoms with Gasteiger partial charge in [-0.3, -0.25) is 9.59 Å². The van der Waals surface area contributed by atoms with Crippen LogP contribution in [0.2, 0.25) is 0 Å². The number of aromatic nitrogens is 3. The normalized spacial score (nSPS) is 13.8. The zero-order valence-corrected chi connectivity index (χ0v) is 18.6. The monoisotopic (exact) mass is 452 g/mol. The van der Waals surface area contributed by atoms with Crippen molar-refractivity contribution >= 4 is 11.7 Å². The average molecular weight is 453 g/mol. The van der Waals surface area contributed by atoms with Gasteiger partial charge in [-0.25, -0.2) is 9.97 Å². The van der Waals surface area contributed by atoms with E-state index < -0.39 is 5.41 Å². The van der Waals surface area contributed by atoms with E-state index in [1.54, 1.807) is 0 Å². The summed E-state index contributed by atoms with van der Waals surface area (Å²) in [6.45, 7) is 0.392. The van der Waals surface area contributed by atoms with Crippen LogP contribution in [0.5, 0.6) is 11.5 Å². The number of ether oxygens (including phenoxy) is 1. The lowest BCUT2D eigenvalue weighted by atomic mass is 9.95. The van der Waals surface area contributed by atoms with Gasteiger partial charge in [0, 0.05) is 37.8 Å². The van der Waals surface area contributed by atoms with Gasteiger partial charge < -0.3 is 14.6 Å². The summed E-state index contributed by atoms with van der Waals surface area (Å²) in [7, 11) is 0. The molecule has 1 fully saturated rings. The molecule has 1 saturated carbocycles. The molecule has 0 radical (unpaired) electrons. The first-order valence-electron chi connectivity index (χ1n) is 11.2. The van der Waals surface area contributed by atoms with Crippen LogP contribution in [0.1, 0.15) is 35.2 Å². The van der Waals surface area contributed by atoms with Crippen molar-refractivity contribution in [3.8, 4) is 17.2 Å². The van der Waals surface area contributed by atoms with E-state index in [2.05, 4.69) is 15.3 Å². The summed E-state index contributed by atoms with van der Waals surface area (Å²) >= 11 is 0. The molecule has 1 N–H and O–H groups in total. The zero-order chi connectivity index (χ0) is 23.4. The Morgan fingerprint density at radius 3 is 2.35 bits per heavy atom. The molecule has 1 amide bonds. The summed E-state index contributed by atoms with van der Waals surface area (Å²) in [6.07, 6.45) is 9.92. The van der Waals surface area contributed by atoms with E-state index in [9.17, 15) is 9.59 Å². The minimum Gasteiger partial charge on any atom is -0.455 e. The van der Waals surface area contributed by atoms with Gasteiger partial charge in [-0.05, 0) is 54.8 Å². The van der Waals surface area contributed by atoms with Crippen LogP contribution in [0, 0.1) is 5.41 Å². The molecular formula is C27H24N4O3. The van der Waals surface area contributed by atoms with E-state index in [1.807, 2.05) is 77.6 Å². The first-order valence-corrected chi connectivity index (χ1v) is 11.2. The zero-order valence-electron chi connectivity index (χ0n) is 18.6. The van der Waals surface area contributed by atoms with Crippen LogP contribution >= 0.6 is 0 Å². The SMILES string of the molecule is O=C(CC1(C(=O)NCc2ccc(Oc3ccccc3-n3cccc3)cc2)CC1)c1cncnc1. The summed E-state index contributed by atoms with van der Waals surface area (Å²) in [5.41, 5.74) is 1.74. The van der Waals surface area contributed by atoms with Crippen molar-refractivity contribution in [1.82, 2.24) is 19.9 Å². The molecule has 0 unspecified atom stereocenters. The van der Waals surface area contributed by atoms with Crippen LogP contribution in [0.15, 0.2) is 91.8 Å². The minimum absolute atomic E-state index is 0.0846. The molecule has 34 heavy (non-hydrogen) atoms. The lowest BCUT2D eigenvalue weighted by Crippen LogP contribution is -2.33. The number of nitrogens with zero attached hydrogens (tertiary/aromatic N) is 3. The third-order valence-corrected chi connectivity index (χ3v) is 6.07. The number of hydrogen-bond donors (Lipinski definition) is 1. The van der Waals surface area contributed by atoms with Crippen molar-refractivity contribution in [3.63, 3.8) is 0 Å². The Kier molecular flexibility index (Phi) is 5.91. The summed E-state index contributed by atoms with van der Waals surface area (Å²) < 4.78 is 8.11. The second-order valence-corrected chi connectivity index (χ2v) is 8.49. The van der Waals surface area contributed by atoms with Gasteiger partial charge in [0.25, 0.3) is 0 Å². The fraction of sp³-hybridized carbons (Fsp3) is 0.185. The summed E-state index contributed by atoms with van der Waals surface area (Å²) in [4.78, 5) is 33.1. The van der Waals surface area contributed by atoms with E-state index in [4.69, 9.17) is 4.74 Å². The molecule has 0 saturated heterocycles. The number of benzene rings is 2. The first-order chi connectivity index (χ1) is 16.6. The molecule has 4 aromatic rings. The van der Waals surface area contributed by atoms with Crippen LogP contribution in [0.3, 0.4) is 0 Å². The van der Waals surface area contributed by atoms with Crippen molar-refractivity contribution < 1.29 is 14.3 Å². The van der Waals surface area contributed by atoms with E-state index in [0.717, 1.165) is 17.0 Å². The molecule has 1 aliphatic rings. The number of rotatable bonds is 9. The number of amides is 1. The maximum absolute atomic E-state index is 12.8. The highest BCUT2D eigenvalue weighted by molar-refractivity contribution is 6.00. The molecular weight excluding hydrogens is 428 g/mol. The van der Waals surface area contributed by atoms with Gasteiger partial charge in [0.2, 0.25) is 5.91 Å². The average Bonchev–Trinajstić information content (AvgIpc) is 3.45. The van der Waals surface area contributed by atoms with Crippen LogP contribution in [0.4, 0.5) is 0 Å². The van der Waals surface area contributed by atoms with Crippen molar-refractivity contribution in [3.05, 3.63) is 103 Å². The Morgan fingerprint density at radius 2 is 1.65 bits per heavy atom. The Morgan fingerprint density at radius 1 is 0.941 bits per heavy atom. The maximum atomic E-state index is 12.8. The largest absolute Gasteiger partial charge is 0.455 e. The number of nitrogens with one attached hydrogen (secondary N) is 1. The van der Waals surface area contributed by atoms with E-state index in [1.165, 1.54) is 18.7 Å². The summed E-state index contributed by atoms with van der Waals surface area (Å²) in [6, 6.07) is 19.4. The fourth-order valence-electron chi connectivity index (χ4n) is 3.91. The number of hydrogen-bond acceptors (Lipinski definition) is 5. The van der Waals surface area contributed by atoms with Gasteiger partial charge in [-0.15, -0.1) is 0 Å². The van der Waals surface area contributed by atoms with Gasteiger partial charge in [-0.1, -0.05) is 24.3 Å². The third kappa shape index (κ3) is 4.73. The van der Waals surface area contributed by atoms with Crippen LogP contribution < -0.4 is 10.1 Å². The Labute approximate surface area is 197 Å². The van der Waals surface area contributed by atoms with Crippen LogP contribution in [0.25, 0.3) is 5.69 Å². The maximum Gasteiger partial charge on any atom is 0.226 e. The quantitative estimate of drug-likeness (QED) is 0.371. The van der Waals surface area contributed by atoms with Crippen molar-refractivity contribution in [1.29, 1.82) is 0 Å². The highest BCUT2D eigenvalue weighted by atomic mass is 16.5. The van der Waals surface area contributed by atoms with Crippen molar-refractivity contribution in [2.75, 3.05) is 0 Å². The topological polar surface area (TPSA) is 86.1 Å². The van der Waals surface area contributed by atoms with Crippen molar-refractivity contribution in [2.45, 2.75) is 25.8 Å². The molecule has 2 heterocycles. The molecule has 0 aliphatic heterocycles. The first kappa shape index (κ1) is 21.6. The Hall–Kier alpha value is -4.26. The molecule has 7 heteroatoms. The van der Waals surface area contributed by atoms with Gasteiger partial charge in [-0.2, -0.15) is 0 Å². The van der Waals surface area contributed by atoms with Gasteiger partial charge in [0.1, 0.15) is 12.1 Å². The van der Waals surface area contributed by atoms with Gasteiger partial charge >= 0.3 is 0 Å². The lowest BCUT2D eigenvalue weighted by Gasteiger charge is -2.15. The minimum atomic E-state index is -0.613. The van der Waals surface area contributed by atoms with Gasteiger partial charge in [0.05, 0.1) is 16.7 Å². The highest BCUT2D eigenvalue weighted by Gasteiger charge is 2.51. The second-order valence-electron chi connectivity index (χ2n) is 8.49. The number of Topliss-reactive ketones (excluding diaryl/α,β-unsaturated/α-hetero) is 1. The third-order valence-electron chi connectivity index (χ3n) is 6.07. The Bertz CT molecular complexity index is 1280. The molecule has 0 spiro atoms. The molecule has 2 aromatic heterocycles. The van der Waals surface area contributed by atoms with Crippen LogP contribution in [-0.4, -0.2) is 26.2 Å². The van der Waals surface area contributed by atoms with Crippen molar-refractivity contribution in [2.24, 2.45) is 5.41 Å². The number of para-hydroxylation sites is 2. The van der Waals surface area contributed by atoms with E-state index >= 15 is 0 Å². The molecule has 2 aromatic carbocycles.